The molecule has 148 valence electrons. The predicted molar refractivity (Wildman–Crippen MR) is 116 cm³/mol. The van der Waals surface area contributed by atoms with Gasteiger partial charge in [0.05, 0.1) is 11.2 Å². The summed E-state index contributed by atoms with van der Waals surface area (Å²) in [6.07, 6.45) is 11.8. The first kappa shape index (κ1) is 19.6. The molecule has 0 radical (unpaired) electrons. The van der Waals surface area contributed by atoms with Crippen molar-refractivity contribution in [2.45, 2.75) is 69.1 Å². The minimum atomic E-state index is -0.733. The number of aliphatic hydroxyl groups excluding tert-OH is 1. The number of hydrogen-bond acceptors (Lipinski definition) is 4. The Morgan fingerprint density at radius 3 is 2.86 bits per heavy atom. The van der Waals surface area contributed by atoms with Gasteiger partial charge in [-0.05, 0) is 37.0 Å². The molecule has 2 heterocycles. The molecular weight excluding hydrogens is 370 g/mol. The van der Waals surface area contributed by atoms with E-state index < -0.39 is 6.23 Å². The minimum absolute atomic E-state index is 0.163. The Kier molecular flexibility index (Phi) is 6.40. The fraction of sp³-hybridized carbons (Fsp3) is 0.478. The van der Waals surface area contributed by atoms with Crippen LogP contribution in [-0.4, -0.2) is 27.8 Å². The number of fused-ring (bicyclic) bond motifs is 1. The number of pyridine rings is 1. The molecule has 0 spiro atoms. The second kappa shape index (κ2) is 9.17. The Morgan fingerprint density at radius 2 is 2.00 bits per heavy atom. The standard InChI is InChI=1S/C23H28ClN3O/c24-22-11-10-16(12-13-25-22)14-17-15-21(27-20-9-5-4-8-19(17)20)23(28)26-18-6-2-1-3-7-18/h4-5,8-10,13,15,18,22-23,26,28H,1-3,6-7,11-12,14H2. The van der Waals surface area contributed by atoms with E-state index in [0.717, 1.165) is 43.0 Å². The number of para-hydroxylation sites is 1. The smallest absolute Gasteiger partial charge is 0.148 e. The summed E-state index contributed by atoms with van der Waals surface area (Å²) >= 11 is 6.15. The van der Waals surface area contributed by atoms with Crippen LogP contribution in [0, 0.1) is 0 Å². The van der Waals surface area contributed by atoms with Crippen molar-refractivity contribution in [1.82, 2.24) is 10.3 Å². The van der Waals surface area contributed by atoms with E-state index >= 15 is 0 Å². The Bertz CT molecular complexity index is 873. The van der Waals surface area contributed by atoms with Gasteiger partial charge in [-0.15, -0.1) is 0 Å². The zero-order chi connectivity index (χ0) is 19.3. The molecule has 1 saturated carbocycles. The van der Waals surface area contributed by atoms with Gasteiger partial charge in [-0.25, -0.2) is 4.98 Å². The molecule has 5 heteroatoms. The number of aromatic nitrogens is 1. The highest BCUT2D eigenvalue weighted by atomic mass is 35.5. The average Bonchev–Trinajstić information content (AvgIpc) is 2.92. The molecule has 2 aliphatic rings. The zero-order valence-corrected chi connectivity index (χ0v) is 16.9. The molecule has 2 N–H and O–H groups in total. The Hall–Kier alpha value is -1.75. The second-order valence-electron chi connectivity index (χ2n) is 7.87. The molecule has 2 atom stereocenters. The predicted octanol–water partition coefficient (Wildman–Crippen LogP) is 5.05. The molecule has 0 saturated heterocycles. The van der Waals surface area contributed by atoms with Gasteiger partial charge in [0.2, 0.25) is 0 Å². The van der Waals surface area contributed by atoms with E-state index in [1.165, 1.54) is 30.4 Å². The zero-order valence-electron chi connectivity index (χ0n) is 16.1. The van der Waals surface area contributed by atoms with Gasteiger partial charge in [-0.1, -0.05) is 60.7 Å². The maximum Gasteiger partial charge on any atom is 0.148 e. The molecule has 2 unspecified atom stereocenters. The van der Waals surface area contributed by atoms with Crippen LogP contribution < -0.4 is 5.32 Å². The number of hydrogen-bond donors (Lipinski definition) is 2. The molecule has 2 aromatic rings. The molecule has 0 amide bonds. The SMILES string of the molecule is OC(NC1CCCCC1)c1cc(CC2=CCC(Cl)N=CC2)c2ccccc2n1. The van der Waals surface area contributed by atoms with Crippen molar-refractivity contribution in [3.8, 4) is 0 Å². The topological polar surface area (TPSA) is 57.5 Å². The maximum atomic E-state index is 10.8. The van der Waals surface area contributed by atoms with Gasteiger partial charge in [-0.2, -0.15) is 0 Å². The highest BCUT2D eigenvalue weighted by Gasteiger charge is 2.19. The number of allylic oxidation sites excluding steroid dienone is 1. The van der Waals surface area contributed by atoms with Gasteiger partial charge >= 0.3 is 0 Å². The molecule has 4 rings (SSSR count). The normalized spacial score (nSPS) is 22.1. The Morgan fingerprint density at radius 1 is 1.18 bits per heavy atom. The van der Waals surface area contributed by atoms with E-state index in [2.05, 4.69) is 28.5 Å². The lowest BCUT2D eigenvalue weighted by Crippen LogP contribution is -2.34. The number of nitrogens with one attached hydrogen (secondary N) is 1. The van der Waals surface area contributed by atoms with E-state index in [9.17, 15) is 5.11 Å². The van der Waals surface area contributed by atoms with E-state index in [1.807, 2.05) is 24.4 Å². The van der Waals surface area contributed by atoms with Gasteiger partial charge in [0.25, 0.3) is 0 Å². The molecule has 1 aromatic carbocycles. The van der Waals surface area contributed by atoms with Crippen molar-refractivity contribution in [3.05, 3.63) is 53.2 Å². The molecule has 1 aliphatic carbocycles. The summed E-state index contributed by atoms with van der Waals surface area (Å²) in [6.45, 7) is 0. The summed E-state index contributed by atoms with van der Waals surface area (Å²) in [5, 5.41) is 15.3. The largest absolute Gasteiger partial charge is 0.373 e. The van der Waals surface area contributed by atoms with Crippen LogP contribution in [0.3, 0.4) is 0 Å². The quantitative estimate of drug-likeness (QED) is 0.321. The van der Waals surface area contributed by atoms with Crippen LogP contribution in [-0.2, 0) is 6.42 Å². The van der Waals surface area contributed by atoms with Crippen LogP contribution in [0.1, 0.15) is 62.4 Å². The van der Waals surface area contributed by atoms with Crippen LogP contribution >= 0.6 is 11.6 Å². The number of aliphatic imine (C=N–C) groups is 1. The summed E-state index contributed by atoms with van der Waals surface area (Å²) in [5.41, 5.74) is 3.97. The lowest BCUT2D eigenvalue weighted by molar-refractivity contribution is 0.110. The first-order valence-electron chi connectivity index (χ1n) is 10.4. The first-order chi connectivity index (χ1) is 13.7. The number of alkyl halides is 1. The van der Waals surface area contributed by atoms with Crippen molar-refractivity contribution in [3.63, 3.8) is 0 Å². The molecule has 1 fully saturated rings. The number of nitrogens with zero attached hydrogens (tertiary/aromatic N) is 2. The summed E-state index contributed by atoms with van der Waals surface area (Å²) < 4.78 is 0. The van der Waals surface area contributed by atoms with Crippen molar-refractivity contribution in [2.24, 2.45) is 4.99 Å². The van der Waals surface area contributed by atoms with Crippen molar-refractivity contribution >= 4 is 28.7 Å². The minimum Gasteiger partial charge on any atom is -0.373 e. The fourth-order valence-corrected chi connectivity index (χ4v) is 4.38. The average molecular weight is 398 g/mol. The monoisotopic (exact) mass is 397 g/mol. The number of aliphatic hydroxyl groups is 1. The highest BCUT2D eigenvalue weighted by molar-refractivity contribution is 6.20. The lowest BCUT2D eigenvalue weighted by atomic mass is 9.95. The molecule has 0 bridgehead atoms. The van der Waals surface area contributed by atoms with Crippen LogP contribution in [0.4, 0.5) is 0 Å². The van der Waals surface area contributed by atoms with Gasteiger partial charge in [0.1, 0.15) is 11.7 Å². The number of benzene rings is 1. The number of halogens is 1. The Labute approximate surface area is 171 Å². The van der Waals surface area contributed by atoms with Crippen molar-refractivity contribution in [2.75, 3.05) is 0 Å². The third kappa shape index (κ3) is 4.80. The highest BCUT2D eigenvalue weighted by Crippen LogP contribution is 2.26. The molecule has 4 nitrogen and oxygen atoms in total. The van der Waals surface area contributed by atoms with Gasteiger partial charge in [0, 0.05) is 30.5 Å². The van der Waals surface area contributed by atoms with Gasteiger partial charge in [-0.3, -0.25) is 10.3 Å². The lowest BCUT2D eigenvalue weighted by Gasteiger charge is -2.26. The fourth-order valence-electron chi connectivity index (χ4n) is 4.22. The van der Waals surface area contributed by atoms with Crippen molar-refractivity contribution in [1.29, 1.82) is 0 Å². The summed E-state index contributed by atoms with van der Waals surface area (Å²) in [4.78, 5) is 9.06. The van der Waals surface area contributed by atoms with E-state index in [0.29, 0.717) is 11.7 Å². The van der Waals surface area contributed by atoms with Gasteiger partial charge in [0.15, 0.2) is 0 Å². The molecular formula is C23H28ClN3O. The number of rotatable bonds is 5. The van der Waals surface area contributed by atoms with Crippen LogP contribution in [0.15, 0.2) is 47.0 Å². The molecule has 28 heavy (non-hydrogen) atoms. The molecule has 1 aromatic heterocycles. The van der Waals surface area contributed by atoms with E-state index in [-0.39, 0.29) is 5.50 Å². The van der Waals surface area contributed by atoms with Crippen LogP contribution in [0.25, 0.3) is 10.9 Å². The summed E-state index contributed by atoms with van der Waals surface area (Å²) in [6, 6.07) is 10.6. The Balaban J connectivity index is 1.60. The van der Waals surface area contributed by atoms with Crippen LogP contribution in [0.5, 0.6) is 0 Å². The summed E-state index contributed by atoms with van der Waals surface area (Å²) in [5.74, 6) is 0. The third-order valence-electron chi connectivity index (χ3n) is 5.74. The van der Waals surface area contributed by atoms with E-state index in [4.69, 9.17) is 16.6 Å². The maximum absolute atomic E-state index is 10.8. The van der Waals surface area contributed by atoms with E-state index in [1.54, 1.807) is 0 Å². The first-order valence-corrected chi connectivity index (χ1v) is 10.8. The summed E-state index contributed by atoms with van der Waals surface area (Å²) in [7, 11) is 0. The second-order valence-corrected chi connectivity index (χ2v) is 8.38. The van der Waals surface area contributed by atoms with Crippen LogP contribution in [0.2, 0.25) is 0 Å². The van der Waals surface area contributed by atoms with Crippen molar-refractivity contribution < 1.29 is 5.11 Å². The molecule has 1 aliphatic heterocycles. The third-order valence-corrected chi connectivity index (χ3v) is 6.03. The van der Waals surface area contributed by atoms with Gasteiger partial charge < -0.3 is 5.11 Å².